The number of nitrogens with zero attached hydrogens (tertiary/aromatic N) is 3. The summed E-state index contributed by atoms with van der Waals surface area (Å²) in [6.45, 7) is 2.35. The van der Waals surface area contributed by atoms with E-state index < -0.39 is 23.5 Å². The van der Waals surface area contributed by atoms with Crippen molar-refractivity contribution < 1.29 is 22.4 Å². The molecule has 1 aromatic carbocycles. The van der Waals surface area contributed by atoms with Crippen molar-refractivity contribution in [1.29, 1.82) is 0 Å². The summed E-state index contributed by atoms with van der Waals surface area (Å²) >= 11 is 0. The number of fused-ring (bicyclic) bond motifs is 1. The molecular weight excluding hydrogens is 424 g/mol. The van der Waals surface area contributed by atoms with Crippen LogP contribution < -0.4 is 0 Å². The number of carbonyl (C=O) groups is 1. The molecule has 172 valence electrons. The van der Waals surface area contributed by atoms with Crippen LogP contribution in [0.1, 0.15) is 70.9 Å². The van der Waals surface area contributed by atoms with Gasteiger partial charge in [0.05, 0.1) is 11.3 Å². The minimum Gasteiger partial charge on any atom is -0.337 e. The normalized spacial score (nSPS) is 20.8. The van der Waals surface area contributed by atoms with Crippen molar-refractivity contribution in [3.8, 4) is 0 Å². The highest BCUT2D eigenvalue weighted by molar-refractivity contribution is 5.94. The molecule has 1 saturated carbocycles. The van der Waals surface area contributed by atoms with E-state index in [4.69, 9.17) is 0 Å². The fourth-order valence-corrected chi connectivity index (χ4v) is 5.30. The molecule has 1 amide bonds. The molecule has 2 aliphatic heterocycles. The van der Waals surface area contributed by atoms with Crippen LogP contribution in [0.5, 0.6) is 0 Å². The van der Waals surface area contributed by atoms with Gasteiger partial charge in [-0.1, -0.05) is 18.6 Å². The van der Waals surface area contributed by atoms with Crippen LogP contribution in [-0.2, 0) is 19.1 Å². The summed E-state index contributed by atoms with van der Waals surface area (Å²) in [5.74, 6) is -1.85. The van der Waals surface area contributed by atoms with E-state index >= 15 is 0 Å². The molecule has 0 radical (unpaired) electrons. The second-order valence-corrected chi connectivity index (χ2v) is 9.10. The number of amides is 1. The molecule has 1 saturated heterocycles. The van der Waals surface area contributed by atoms with Gasteiger partial charge in [-0.15, -0.1) is 0 Å². The number of benzene rings is 1. The van der Waals surface area contributed by atoms with E-state index in [1.54, 1.807) is 4.90 Å². The molecule has 0 bridgehead atoms. The third-order valence-electron chi connectivity index (χ3n) is 7.31. The zero-order valence-electron chi connectivity index (χ0n) is 17.7. The number of piperidine rings is 1. The Hall–Kier alpha value is -2.42. The van der Waals surface area contributed by atoms with Gasteiger partial charge in [0.2, 0.25) is 0 Å². The van der Waals surface area contributed by atoms with Crippen molar-refractivity contribution in [3.05, 3.63) is 52.1 Å². The Bertz CT molecular complexity index is 1010. The molecule has 1 aliphatic carbocycles. The standard InChI is InChI=1S/C23H26F4N4O/c24-18-6-2-5-16(20(18)23(25,26)27)14-7-10-30(11-8-14)22(32)21-17-9-12-31(15-3-1-4-15)13-19(17)28-29-21/h2,5-6,14-15H,1,3-4,7-13H2,(H,28,29). The monoisotopic (exact) mass is 450 g/mol. The minimum absolute atomic E-state index is 0.0159. The summed E-state index contributed by atoms with van der Waals surface area (Å²) in [5, 5.41) is 7.34. The van der Waals surface area contributed by atoms with Crippen molar-refractivity contribution in [2.24, 2.45) is 0 Å². The number of H-pyrrole nitrogens is 1. The molecule has 2 fully saturated rings. The molecule has 9 heteroatoms. The van der Waals surface area contributed by atoms with E-state index in [0.717, 1.165) is 36.8 Å². The smallest absolute Gasteiger partial charge is 0.337 e. The van der Waals surface area contributed by atoms with Gasteiger partial charge in [-0.25, -0.2) is 4.39 Å². The quantitative estimate of drug-likeness (QED) is 0.701. The van der Waals surface area contributed by atoms with E-state index in [-0.39, 0.29) is 11.5 Å². The third-order valence-corrected chi connectivity index (χ3v) is 7.31. The Morgan fingerprint density at radius 2 is 1.84 bits per heavy atom. The number of hydrogen-bond acceptors (Lipinski definition) is 3. The fraction of sp³-hybridized carbons (Fsp3) is 0.565. The highest BCUT2D eigenvalue weighted by Gasteiger charge is 2.40. The van der Waals surface area contributed by atoms with Gasteiger partial charge in [-0.2, -0.15) is 18.3 Å². The lowest BCUT2D eigenvalue weighted by molar-refractivity contribution is -0.140. The first-order valence-electron chi connectivity index (χ1n) is 11.3. The number of aromatic amines is 1. The van der Waals surface area contributed by atoms with Gasteiger partial charge in [-0.05, 0) is 49.7 Å². The van der Waals surface area contributed by atoms with E-state index in [1.165, 1.54) is 31.4 Å². The highest BCUT2D eigenvalue weighted by atomic mass is 19.4. The molecule has 0 spiro atoms. The molecule has 0 atom stereocenters. The predicted molar refractivity (Wildman–Crippen MR) is 110 cm³/mol. The maximum absolute atomic E-state index is 14.0. The van der Waals surface area contributed by atoms with Crippen LogP contribution in [-0.4, -0.2) is 51.6 Å². The van der Waals surface area contributed by atoms with E-state index in [9.17, 15) is 22.4 Å². The molecule has 2 aromatic rings. The first-order valence-corrected chi connectivity index (χ1v) is 11.3. The lowest BCUT2D eigenvalue weighted by Gasteiger charge is -2.39. The van der Waals surface area contributed by atoms with Crippen molar-refractivity contribution in [2.75, 3.05) is 19.6 Å². The van der Waals surface area contributed by atoms with Crippen LogP contribution >= 0.6 is 0 Å². The Kier molecular flexibility index (Phi) is 5.47. The van der Waals surface area contributed by atoms with Crippen LogP contribution in [0.2, 0.25) is 0 Å². The molecule has 5 rings (SSSR count). The Labute approximate surface area is 183 Å². The molecule has 1 aromatic heterocycles. The first kappa shape index (κ1) is 21.4. The summed E-state index contributed by atoms with van der Waals surface area (Å²) in [7, 11) is 0. The van der Waals surface area contributed by atoms with E-state index in [2.05, 4.69) is 15.1 Å². The van der Waals surface area contributed by atoms with Crippen LogP contribution in [0.25, 0.3) is 0 Å². The van der Waals surface area contributed by atoms with Crippen molar-refractivity contribution >= 4 is 5.91 Å². The number of nitrogens with one attached hydrogen (secondary N) is 1. The Morgan fingerprint density at radius 1 is 1.09 bits per heavy atom. The SMILES string of the molecule is O=C(c1n[nH]c2c1CCN(C1CCC1)C2)N1CCC(c2cccc(F)c2C(F)(F)F)CC1. The zero-order chi connectivity index (χ0) is 22.5. The molecule has 3 heterocycles. The number of halogens is 4. The largest absolute Gasteiger partial charge is 0.419 e. The molecule has 32 heavy (non-hydrogen) atoms. The van der Waals surface area contributed by atoms with Gasteiger partial charge >= 0.3 is 6.18 Å². The van der Waals surface area contributed by atoms with E-state index in [0.29, 0.717) is 37.7 Å². The second-order valence-electron chi connectivity index (χ2n) is 9.10. The highest BCUT2D eigenvalue weighted by Crippen LogP contribution is 2.40. The number of aromatic nitrogens is 2. The lowest BCUT2D eigenvalue weighted by atomic mass is 9.86. The number of hydrogen-bond donors (Lipinski definition) is 1. The van der Waals surface area contributed by atoms with Crippen LogP contribution in [0, 0.1) is 5.82 Å². The van der Waals surface area contributed by atoms with Gasteiger partial charge in [-0.3, -0.25) is 14.8 Å². The molecule has 1 N–H and O–H groups in total. The van der Waals surface area contributed by atoms with E-state index in [1.807, 2.05) is 0 Å². The summed E-state index contributed by atoms with van der Waals surface area (Å²) in [4.78, 5) is 17.2. The minimum atomic E-state index is -4.74. The summed E-state index contributed by atoms with van der Waals surface area (Å²) < 4.78 is 54.2. The van der Waals surface area contributed by atoms with Crippen molar-refractivity contribution in [1.82, 2.24) is 20.0 Å². The molecule has 0 unspecified atom stereocenters. The average molecular weight is 450 g/mol. The lowest BCUT2D eigenvalue weighted by Crippen LogP contribution is -2.43. The average Bonchev–Trinajstić information content (AvgIpc) is 3.14. The Balaban J connectivity index is 1.27. The van der Waals surface area contributed by atoms with Gasteiger partial charge in [0.15, 0.2) is 5.69 Å². The van der Waals surface area contributed by atoms with Crippen LogP contribution in [0.4, 0.5) is 17.6 Å². The maximum Gasteiger partial charge on any atom is 0.419 e. The van der Waals surface area contributed by atoms with Crippen LogP contribution in [0.3, 0.4) is 0 Å². The molecule has 3 aliphatic rings. The van der Waals surface area contributed by atoms with Gasteiger partial charge in [0.1, 0.15) is 5.82 Å². The first-order chi connectivity index (χ1) is 15.3. The number of likely N-dealkylation sites (tertiary alicyclic amines) is 1. The zero-order valence-corrected chi connectivity index (χ0v) is 17.7. The molecule has 5 nitrogen and oxygen atoms in total. The topological polar surface area (TPSA) is 52.2 Å². The van der Waals surface area contributed by atoms with Crippen molar-refractivity contribution in [2.45, 2.75) is 63.2 Å². The number of rotatable bonds is 3. The van der Waals surface area contributed by atoms with Crippen molar-refractivity contribution in [3.63, 3.8) is 0 Å². The third kappa shape index (κ3) is 3.80. The second kappa shape index (κ2) is 8.17. The Morgan fingerprint density at radius 3 is 2.50 bits per heavy atom. The number of alkyl halides is 3. The maximum atomic E-state index is 14.0. The van der Waals surface area contributed by atoms with Crippen LogP contribution in [0.15, 0.2) is 18.2 Å². The molecular formula is C23H26F4N4O. The van der Waals surface area contributed by atoms with Gasteiger partial charge in [0.25, 0.3) is 5.91 Å². The summed E-state index contributed by atoms with van der Waals surface area (Å²) in [6.07, 6.45) is 0.488. The van der Waals surface area contributed by atoms with Gasteiger partial charge < -0.3 is 4.90 Å². The predicted octanol–water partition coefficient (Wildman–Crippen LogP) is 4.50. The number of carbonyl (C=O) groups excluding carboxylic acids is 1. The fourth-order valence-electron chi connectivity index (χ4n) is 5.30. The summed E-state index contributed by atoms with van der Waals surface area (Å²) in [6, 6.07) is 4.15. The summed E-state index contributed by atoms with van der Waals surface area (Å²) in [5.41, 5.74) is 1.21. The van der Waals surface area contributed by atoms with Gasteiger partial charge in [0, 0.05) is 37.8 Å².